The molecule has 17 heavy (non-hydrogen) atoms. The van der Waals surface area contributed by atoms with Crippen LogP contribution in [-0.2, 0) is 0 Å². The van der Waals surface area contributed by atoms with Crippen LogP contribution in [0.3, 0.4) is 0 Å². The second-order valence-corrected chi connectivity index (χ2v) is 5.22. The molecule has 1 heterocycles. The molecule has 1 aliphatic rings. The van der Waals surface area contributed by atoms with Gasteiger partial charge in [-0.25, -0.2) is 0 Å². The molecule has 1 unspecified atom stereocenters. The third-order valence-electron chi connectivity index (χ3n) is 3.51. The lowest BCUT2D eigenvalue weighted by molar-refractivity contribution is 0.107. The molecule has 1 aromatic rings. The Hall–Kier alpha value is -1.02. The highest BCUT2D eigenvalue weighted by molar-refractivity contribution is 5.20. The Morgan fingerprint density at radius 1 is 1.29 bits per heavy atom. The summed E-state index contributed by atoms with van der Waals surface area (Å²) in [7, 11) is 0. The number of benzene rings is 1. The van der Waals surface area contributed by atoms with Crippen molar-refractivity contribution >= 4 is 0 Å². The van der Waals surface area contributed by atoms with Gasteiger partial charge in [-0.3, -0.25) is 0 Å². The van der Waals surface area contributed by atoms with Crippen molar-refractivity contribution in [3.05, 3.63) is 30.3 Å². The summed E-state index contributed by atoms with van der Waals surface area (Å²) in [5.74, 6) is 1.68. The third kappa shape index (κ3) is 3.74. The highest BCUT2D eigenvalue weighted by Gasteiger charge is 2.21. The topological polar surface area (TPSA) is 12.5 Å². The van der Waals surface area contributed by atoms with Crippen molar-refractivity contribution in [1.82, 2.24) is 4.90 Å². The lowest BCUT2D eigenvalue weighted by atomic mass is 9.98. The average molecular weight is 233 g/mol. The molecule has 1 aliphatic heterocycles. The summed E-state index contributed by atoms with van der Waals surface area (Å²) >= 11 is 0. The van der Waals surface area contributed by atoms with Crippen molar-refractivity contribution in [2.75, 3.05) is 19.7 Å². The Labute approximate surface area is 105 Å². The molecule has 0 N–H and O–H groups in total. The van der Waals surface area contributed by atoms with Gasteiger partial charge in [0, 0.05) is 18.5 Å². The number of piperidine rings is 1. The largest absolute Gasteiger partial charge is 0.493 e. The first-order valence-electron chi connectivity index (χ1n) is 6.67. The van der Waals surface area contributed by atoms with Crippen molar-refractivity contribution in [2.45, 2.75) is 32.7 Å². The van der Waals surface area contributed by atoms with Gasteiger partial charge in [0.2, 0.25) is 0 Å². The van der Waals surface area contributed by atoms with Crippen molar-refractivity contribution in [3.8, 4) is 5.75 Å². The zero-order valence-electron chi connectivity index (χ0n) is 10.9. The molecule has 1 fully saturated rings. The summed E-state index contributed by atoms with van der Waals surface area (Å²) in [5, 5.41) is 0. The lowest BCUT2D eigenvalue weighted by Gasteiger charge is -2.35. The van der Waals surface area contributed by atoms with Gasteiger partial charge >= 0.3 is 0 Å². The third-order valence-corrected chi connectivity index (χ3v) is 3.51. The molecule has 0 saturated carbocycles. The van der Waals surface area contributed by atoms with Crippen molar-refractivity contribution in [3.63, 3.8) is 0 Å². The van der Waals surface area contributed by atoms with Crippen LogP contribution >= 0.6 is 0 Å². The summed E-state index contributed by atoms with van der Waals surface area (Å²) in [5.41, 5.74) is 0. The lowest BCUT2D eigenvalue weighted by Crippen LogP contribution is -2.41. The van der Waals surface area contributed by atoms with E-state index in [2.05, 4.69) is 18.7 Å². The van der Waals surface area contributed by atoms with Crippen LogP contribution in [0.4, 0.5) is 0 Å². The average Bonchev–Trinajstić information content (AvgIpc) is 2.38. The Bertz CT molecular complexity index is 323. The van der Waals surface area contributed by atoms with Gasteiger partial charge in [-0.05, 0) is 45.4 Å². The van der Waals surface area contributed by atoms with E-state index in [-0.39, 0.29) is 0 Å². The minimum atomic E-state index is 0.662. The van der Waals surface area contributed by atoms with Crippen molar-refractivity contribution in [1.29, 1.82) is 0 Å². The Balaban J connectivity index is 1.79. The van der Waals surface area contributed by atoms with Gasteiger partial charge < -0.3 is 9.64 Å². The predicted molar refractivity (Wildman–Crippen MR) is 71.4 cm³/mol. The van der Waals surface area contributed by atoms with Crippen LogP contribution in [0.15, 0.2) is 30.3 Å². The van der Waals surface area contributed by atoms with Gasteiger partial charge in [-0.15, -0.1) is 0 Å². The fraction of sp³-hybridized carbons (Fsp3) is 0.600. The van der Waals surface area contributed by atoms with Crippen LogP contribution < -0.4 is 4.74 Å². The molecule has 0 bridgehead atoms. The number of para-hydroxylation sites is 1. The van der Waals surface area contributed by atoms with E-state index in [9.17, 15) is 0 Å². The van der Waals surface area contributed by atoms with Gasteiger partial charge in [-0.2, -0.15) is 0 Å². The van der Waals surface area contributed by atoms with E-state index >= 15 is 0 Å². The molecule has 0 spiro atoms. The Morgan fingerprint density at radius 2 is 2.06 bits per heavy atom. The first-order valence-corrected chi connectivity index (χ1v) is 6.67. The molecule has 0 aliphatic carbocycles. The molecular formula is C15H23NO. The van der Waals surface area contributed by atoms with Crippen LogP contribution in [0.1, 0.15) is 26.7 Å². The van der Waals surface area contributed by atoms with E-state index in [1.165, 1.54) is 25.9 Å². The van der Waals surface area contributed by atoms with E-state index in [1.54, 1.807) is 0 Å². The van der Waals surface area contributed by atoms with E-state index in [1.807, 2.05) is 30.3 Å². The maximum atomic E-state index is 5.85. The molecule has 2 heteroatoms. The van der Waals surface area contributed by atoms with Crippen molar-refractivity contribution in [2.24, 2.45) is 5.92 Å². The van der Waals surface area contributed by atoms with Crippen molar-refractivity contribution < 1.29 is 4.74 Å². The van der Waals surface area contributed by atoms with Gasteiger partial charge in [-0.1, -0.05) is 18.2 Å². The van der Waals surface area contributed by atoms with Gasteiger partial charge in [0.15, 0.2) is 0 Å². The number of ether oxygens (including phenoxy) is 1. The van der Waals surface area contributed by atoms with Crippen LogP contribution in [0.2, 0.25) is 0 Å². The Kier molecular flexibility index (Phi) is 4.43. The molecule has 94 valence electrons. The highest BCUT2D eigenvalue weighted by atomic mass is 16.5. The van der Waals surface area contributed by atoms with Crippen LogP contribution in [0.25, 0.3) is 0 Å². The first-order chi connectivity index (χ1) is 8.25. The highest BCUT2D eigenvalue weighted by Crippen LogP contribution is 2.20. The number of likely N-dealkylation sites (tertiary alicyclic amines) is 1. The van der Waals surface area contributed by atoms with Crippen LogP contribution in [-0.4, -0.2) is 30.6 Å². The zero-order chi connectivity index (χ0) is 12.1. The zero-order valence-corrected chi connectivity index (χ0v) is 10.9. The smallest absolute Gasteiger partial charge is 0.119 e. The number of hydrogen-bond donors (Lipinski definition) is 0. The van der Waals surface area contributed by atoms with E-state index in [4.69, 9.17) is 4.74 Å². The molecular weight excluding hydrogens is 210 g/mol. The minimum absolute atomic E-state index is 0.662. The minimum Gasteiger partial charge on any atom is -0.493 e. The van der Waals surface area contributed by atoms with Gasteiger partial charge in [0.25, 0.3) is 0 Å². The van der Waals surface area contributed by atoms with Gasteiger partial charge in [0.05, 0.1) is 6.61 Å². The summed E-state index contributed by atoms with van der Waals surface area (Å²) < 4.78 is 5.85. The van der Waals surface area contributed by atoms with Gasteiger partial charge in [0.1, 0.15) is 5.75 Å². The monoisotopic (exact) mass is 233 g/mol. The fourth-order valence-electron chi connectivity index (χ4n) is 2.43. The second-order valence-electron chi connectivity index (χ2n) is 5.22. The maximum absolute atomic E-state index is 5.85. The molecule has 1 atom stereocenters. The fourth-order valence-corrected chi connectivity index (χ4v) is 2.43. The maximum Gasteiger partial charge on any atom is 0.119 e. The second kappa shape index (κ2) is 6.06. The predicted octanol–water partition coefficient (Wildman–Crippen LogP) is 3.19. The number of hydrogen-bond acceptors (Lipinski definition) is 2. The number of rotatable bonds is 4. The summed E-state index contributed by atoms with van der Waals surface area (Å²) in [6.45, 7) is 7.85. The first kappa shape index (κ1) is 12.4. The molecule has 2 rings (SSSR count). The van der Waals surface area contributed by atoms with E-state index in [0.29, 0.717) is 12.0 Å². The normalized spacial score (nSPS) is 21.7. The van der Waals surface area contributed by atoms with Crippen LogP contribution in [0.5, 0.6) is 5.75 Å². The molecule has 0 amide bonds. The SMILES string of the molecule is CC(C)N1CCCC(COc2ccccc2)C1. The Morgan fingerprint density at radius 3 is 2.76 bits per heavy atom. The molecule has 0 radical (unpaired) electrons. The summed E-state index contributed by atoms with van der Waals surface area (Å²) in [6, 6.07) is 10.8. The quantitative estimate of drug-likeness (QED) is 0.792. The van der Waals surface area contributed by atoms with Crippen LogP contribution in [0, 0.1) is 5.92 Å². The summed E-state index contributed by atoms with van der Waals surface area (Å²) in [4.78, 5) is 2.56. The van der Waals surface area contributed by atoms with E-state index in [0.717, 1.165) is 12.4 Å². The number of nitrogens with zero attached hydrogens (tertiary/aromatic N) is 1. The standard InChI is InChI=1S/C15H23NO/c1-13(2)16-10-6-7-14(11-16)12-17-15-8-4-3-5-9-15/h3-5,8-9,13-14H,6-7,10-12H2,1-2H3. The molecule has 1 aromatic carbocycles. The molecule has 2 nitrogen and oxygen atoms in total. The summed E-state index contributed by atoms with van der Waals surface area (Å²) in [6.07, 6.45) is 2.61. The molecule has 1 saturated heterocycles. The molecule has 0 aromatic heterocycles. The van der Waals surface area contributed by atoms with E-state index < -0.39 is 0 Å².